The Bertz CT molecular complexity index is 1490. The minimum absolute atomic E-state index is 0.179. The van der Waals surface area contributed by atoms with Gasteiger partial charge in [-0.15, -0.1) is 11.8 Å². The number of carbonyl (C=O) groups excluding carboxylic acids is 3. The van der Waals surface area contributed by atoms with E-state index in [9.17, 15) is 33.1 Å². The number of rotatable bonds is 15. The van der Waals surface area contributed by atoms with E-state index in [2.05, 4.69) is 10.6 Å². The molecule has 0 saturated carbocycles. The Kier molecular flexibility index (Phi) is 11.8. The summed E-state index contributed by atoms with van der Waals surface area (Å²) in [7, 11) is 0. The molecule has 4 atom stereocenters. The number of hydrogen-bond donors (Lipinski definition) is 4. The van der Waals surface area contributed by atoms with Crippen molar-refractivity contribution in [2.45, 2.75) is 23.4 Å². The number of aliphatic hydroxyl groups excluding tert-OH is 1. The van der Waals surface area contributed by atoms with Crippen molar-refractivity contribution < 1.29 is 42.9 Å². The number of thioether (sulfide) groups is 2. The molecule has 0 bridgehead atoms. The maximum absolute atomic E-state index is 13.6. The molecule has 1 fully saturated rings. The first kappa shape index (κ1) is 33.7. The second kappa shape index (κ2) is 15.7. The molecule has 0 radical (unpaired) electrons. The summed E-state index contributed by atoms with van der Waals surface area (Å²) < 4.78 is 32.4. The number of nitrogens with one attached hydrogen (secondary N) is 2. The van der Waals surface area contributed by atoms with Crippen LogP contribution in [0.2, 0.25) is 0 Å². The Morgan fingerprint density at radius 2 is 1.56 bits per heavy atom. The summed E-state index contributed by atoms with van der Waals surface area (Å²) in [5.74, 6) is -2.77. The van der Waals surface area contributed by atoms with Gasteiger partial charge in [-0.1, -0.05) is 24.3 Å². The first-order valence-electron chi connectivity index (χ1n) is 13.7. The minimum atomic E-state index is -1.17. The summed E-state index contributed by atoms with van der Waals surface area (Å²) >= 11 is 2.52. The van der Waals surface area contributed by atoms with Crippen LogP contribution in [-0.2, 0) is 19.2 Å². The molecule has 2 unspecified atom stereocenters. The molecule has 1 aliphatic heterocycles. The van der Waals surface area contributed by atoms with Gasteiger partial charge < -0.3 is 30.5 Å². The predicted molar refractivity (Wildman–Crippen MR) is 167 cm³/mol. The van der Waals surface area contributed by atoms with Crippen molar-refractivity contribution in [3.63, 3.8) is 0 Å². The Labute approximate surface area is 266 Å². The molecule has 3 aromatic carbocycles. The van der Waals surface area contributed by atoms with Crippen LogP contribution < -0.4 is 20.3 Å². The highest BCUT2D eigenvalue weighted by Crippen LogP contribution is 2.46. The van der Waals surface area contributed by atoms with E-state index < -0.39 is 66.0 Å². The fourth-order valence-electron chi connectivity index (χ4n) is 4.54. The van der Waals surface area contributed by atoms with Gasteiger partial charge in [0.2, 0.25) is 11.8 Å². The molecule has 3 aromatic rings. The van der Waals surface area contributed by atoms with E-state index in [4.69, 9.17) is 9.84 Å². The maximum Gasteiger partial charge on any atom is 0.327 e. The van der Waals surface area contributed by atoms with Crippen molar-refractivity contribution in [1.82, 2.24) is 10.6 Å². The largest absolute Gasteiger partial charge is 0.484 e. The molecule has 0 spiro atoms. The Hall–Kier alpha value is -4.14. The third kappa shape index (κ3) is 8.96. The van der Waals surface area contributed by atoms with E-state index in [1.54, 1.807) is 35.4 Å². The number of ether oxygens (including phenoxy) is 1. The topological polar surface area (TPSA) is 145 Å². The summed E-state index contributed by atoms with van der Waals surface area (Å²) in [6.45, 7) is -0.813. The number of carboxylic acids is 1. The van der Waals surface area contributed by atoms with E-state index in [0.717, 1.165) is 5.56 Å². The van der Waals surface area contributed by atoms with Gasteiger partial charge >= 0.3 is 5.97 Å². The molecule has 0 aliphatic carbocycles. The first-order valence-corrected chi connectivity index (χ1v) is 16.2. The summed E-state index contributed by atoms with van der Waals surface area (Å²) in [5.41, 5.74) is 1.76. The quantitative estimate of drug-likeness (QED) is 0.181. The average Bonchev–Trinajstić information content (AvgIpc) is 3.02. The molecule has 3 amide bonds. The van der Waals surface area contributed by atoms with E-state index in [1.165, 1.54) is 72.1 Å². The van der Waals surface area contributed by atoms with Crippen LogP contribution in [-0.4, -0.2) is 76.1 Å². The van der Waals surface area contributed by atoms with Gasteiger partial charge in [0, 0.05) is 17.2 Å². The lowest BCUT2D eigenvalue weighted by molar-refractivity contribution is -0.141. The minimum Gasteiger partial charge on any atom is -0.484 e. The van der Waals surface area contributed by atoms with Crippen molar-refractivity contribution in [2.24, 2.45) is 0 Å². The average molecular weight is 660 g/mol. The van der Waals surface area contributed by atoms with Crippen molar-refractivity contribution >= 4 is 52.9 Å². The fraction of sp³-hybridized carbons (Fsp3) is 0.290. The second-order valence-electron chi connectivity index (χ2n) is 10.00. The zero-order valence-corrected chi connectivity index (χ0v) is 25.7. The SMILES string of the molecule is CSC[C@H](NC(=O)CNC(=O)COc1ccc(C2[C@@H](SCC(O)c3ccc(F)cc3)C(=O)N2c2ccc(F)cc2)cc1)C(=O)O. The molecular weight excluding hydrogens is 628 g/mol. The van der Waals surface area contributed by atoms with E-state index in [-0.39, 0.29) is 17.4 Å². The number of anilines is 1. The smallest absolute Gasteiger partial charge is 0.327 e. The number of β-lactam (4-membered cyclic amide) rings is 1. The number of aliphatic carboxylic acids is 1. The van der Waals surface area contributed by atoms with Gasteiger partial charge in [0.05, 0.1) is 18.7 Å². The molecule has 1 saturated heterocycles. The summed E-state index contributed by atoms with van der Waals surface area (Å²) in [6, 6.07) is 16.2. The predicted octanol–water partition coefficient (Wildman–Crippen LogP) is 3.32. The molecule has 1 heterocycles. The van der Waals surface area contributed by atoms with Gasteiger partial charge in [0.15, 0.2) is 6.61 Å². The molecule has 4 N–H and O–H groups in total. The van der Waals surface area contributed by atoms with Crippen LogP contribution in [0.3, 0.4) is 0 Å². The number of benzene rings is 3. The molecule has 45 heavy (non-hydrogen) atoms. The third-order valence-electron chi connectivity index (χ3n) is 6.84. The lowest BCUT2D eigenvalue weighted by Gasteiger charge is -2.47. The van der Waals surface area contributed by atoms with Crippen LogP contribution >= 0.6 is 23.5 Å². The highest BCUT2D eigenvalue weighted by atomic mass is 32.2. The number of aliphatic hydroxyl groups is 1. The molecule has 238 valence electrons. The monoisotopic (exact) mass is 659 g/mol. The number of amides is 3. The molecule has 1 aliphatic rings. The Morgan fingerprint density at radius 1 is 0.933 bits per heavy atom. The molecule has 0 aromatic heterocycles. The van der Waals surface area contributed by atoms with Crippen molar-refractivity contribution in [3.8, 4) is 5.75 Å². The van der Waals surface area contributed by atoms with E-state index in [0.29, 0.717) is 17.0 Å². The summed E-state index contributed by atoms with van der Waals surface area (Å²) in [5, 5.41) is 23.9. The lowest BCUT2D eigenvalue weighted by atomic mass is 9.92. The standard InChI is InChI=1S/C31H31F2N3O7S2/c1-44-16-24(31(41)42)35-26(38)14-34-27(39)15-43-23-12-4-19(5-13-23)28-29(30(40)36(28)22-10-8-21(33)9-11-22)45-17-25(37)18-2-6-20(32)7-3-18/h2-13,24-25,28-29,37H,14-17H2,1H3,(H,34,39)(H,35,38)(H,41,42)/t24-,25?,28?,29+/m0/s1. The summed E-state index contributed by atoms with van der Waals surface area (Å²) in [6.07, 6.45) is 0.785. The van der Waals surface area contributed by atoms with Crippen LogP contribution in [0.1, 0.15) is 23.3 Å². The number of hydrogen-bond acceptors (Lipinski definition) is 8. The third-order valence-corrected chi connectivity index (χ3v) is 8.84. The normalized spacial score (nSPS) is 17.2. The van der Waals surface area contributed by atoms with Gasteiger partial charge in [-0.2, -0.15) is 11.8 Å². The maximum atomic E-state index is 13.6. The van der Waals surface area contributed by atoms with Gasteiger partial charge in [0.1, 0.15) is 28.7 Å². The van der Waals surface area contributed by atoms with Crippen molar-refractivity contribution in [3.05, 3.63) is 95.6 Å². The Morgan fingerprint density at radius 3 is 2.16 bits per heavy atom. The molecule has 10 nitrogen and oxygen atoms in total. The number of carboxylic acid groups (broad SMARTS) is 1. The van der Waals surface area contributed by atoms with Gasteiger partial charge in [0.25, 0.3) is 5.91 Å². The second-order valence-corrected chi connectivity index (χ2v) is 12.1. The van der Waals surface area contributed by atoms with Gasteiger partial charge in [-0.05, 0) is 65.9 Å². The number of carbonyl (C=O) groups is 4. The zero-order chi connectivity index (χ0) is 32.5. The van der Waals surface area contributed by atoms with Crippen LogP contribution in [0.5, 0.6) is 5.75 Å². The lowest BCUT2D eigenvalue weighted by Crippen LogP contribution is -2.57. The van der Waals surface area contributed by atoms with Crippen molar-refractivity contribution in [2.75, 3.05) is 35.8 Å². The van der Waals surface area contributed by atoms with Crippen LogP contribution in [0.4, 0.5) is 14.5 Å². The highest BCUT2D eigenvalue weighted by Gasteiger charge is 2.49. The Balaban J connectivity index is 1.37. The fourth-order valence-corrected chi connectivity index (χ4v) is 6.40. The van der Waals surface area contributed by atoms with Crippen LogP contribution in [0, 0.1) is 11.6 Å². The molecule has 4 rings (SSSR count). The van der Waals surface area contributed by atoms with Gasteiger partial charge in [-0.3, -0.25) is 14.4 Å². The first-order chi connectivity index (χ1) is 21.6. The number of nitrogens with zero attached hydrogens (tertiary/aromatic N) is 1. The van der Waals surface area contributed by atoms with E-state index in [1.807, 2.05) is 0 Å². The highest BCUT2D eigenvalue weighted by molar-refractivity contribution is 8.00. The van der Waals surface area contributed by atoms with Gasteiger partial charge in [-0.25, -0.2) is 13.6 Å². The number of halogens is 2. The molecular formula is C31H31F2N3O7S2. The zero-order valence-electron chi connectivity index (χ0n) is 24.0. The van der Waals surface area contributed by atoms with Crippen LogP contribution in [0.25, 0.3) is 0 Å². The summed E-state index contributed by atoms with van der Waals surface area (Å²) in [4.78, 5) is 50.2. The van der Waals surface area contributed by atoms with Crippen LogP contribution in [0.15, 0.2) is 72.8 Å². The molecule has 14 heteroatoms. The van der Waals surface area contributed by atoms with E-state index >= 15 is 0 Å². The van der Waals surface area contributed by atoms with Crippen molar-refractivity contribution in [1.29, 1.82) is 0 Å².